The highest BCUT2D eigenvalue weighted by Gasteiger charge is 2.47. The predicted octanol–water partition coefficient (Wildman–Crippen LogP) is 6.28. The molecule has 5 rings (SSSR count). The fourth-order valence-electron chi connectivity index (χ4n) is 6.42. The second-order valence-corrected chi connectivity index (χ2v) is 16.8. The van der Waals surface area contributed by atoms with E-state index in [1.54, 1.807) is 13.8 Å². The van der Waals surface area contributed by atoms with E-state index in [-0.39, 0.29) is 41.3 Å². The maximum Gasteiger partial charge on any atom is 0.320 e. The number of rotatable bonds is 11. The van der Waals surface area contributed by atoms with Crippen LogP contribution in [0.5, 0.6) is 0 Å². The lowest BCUT2D eigenvalue weighted by Gasteiger charge is -2.40. The molecule has 0 saturated carbocycles. The summed E-state index contributed by atoms with van der Waals surface area (Å²) in [5.74, 6) is -3.75. The van der Waals surface area contributed by atoms with E-state index in [9.17, 15) is 38.4 Å². The summed E-state index contributed by atoms with van der Waals surface area (Å²) in [6.45, 7) is 19.1. The topological polar surface area (TPSA) is 241 Å². The molecule has 69 heavy (non-hydrogen) atoms. The maximum atomic E-state index is 12.1. The number of carbonyl (C=O) groups excluding carboxylic acids is 8. The Morgan fingerprint density at radius 3 is 1.35 bits per heavy atom. The highest BCUT2D eigenvalue weighted by atomic mass is 16.5. The lowest BCUT2D eigenvalue weighted by Crippen LogP contribution is -2.52. The van der Waals surface area contributed by atoms with Crippen molar-refractivity contribution in [3.8, 4) is 0 Å². The van der Waals surface area contributed by atoms with Crippen molar-refractivity contribution in [1.29, 1.82) is 0 Å². The summed E-state index contributed by atoms with van der Waals surface area (Å²) in [5.41, 5.74) is 12.8. The fourth-order valence-corrected chi connectivity index (χ4v) is 6.42. The Morgan fingerprint density at radius 2 is 1.01 bits per heavy atom. The molecule has 2 aliphatic heterocycles. The summed E-state index contributed by atoms with van der Waals surface area (Å²) in [4.78, 5) is 91.1. The third-order valence-corrected chi connectivity index (χ3v) is 11.5. The third-order valence-electron chi connectivity index (χ3n) is 11.5. The van der Waals surface area contributed by atoms with Gasteiger partial charge in [-0.3, -0.25) is 43.3 Å². The Morgan fingerprint density at radius 1 is 0.623 bits per heavy atom. The van der Waals surface area contributed by atoms with E-state index in [2.05, 4.69) is 50.1 Å². The number of nitrogens with two attached hydrogens (primary N) is 2. The van der Waals surface area contributed by atoms with Crippen LogP contribution in [0.1, 0.15) is 103 Å². The molecule has 0 amide bonds. The Balaban J connectivity index is 0.000000833. The number of carbonyl (C=O) groups is 8. The highest BCUT2D eigenvalue weighted by Crippen LogP contribution is 2.33. The van der Waals surface area contributed by atoms with Gasteiger partial charge in [-0.15, -0.1) is 0 Å². The summed E-state index contributed by atoms with van der Waals surface area (Å²) < 4.78 is 18.0. The van der Waals surface area contributed by atoms with Gasteiger partial charge in [-0.05, 0) is 78.2 Å². The molecular weight excluding hydrogens is 885 g/mol. The van der Waals surface area contributed by atoms with Gasteiger partial charge in [0.1, 0.15) is 28.4 Å². The number of hydrogen-bond donors (Lipinski definition) is 3. The van der Waals surface area contributed by atoms with Crippen molar-refractivity contribution in [3.63, 3.8) is 0 Å². The molecule has 5 N–H and O–H groups in total. The summed E-state index contributed by atoms with van der Waals surface area (Å²) in [6.07, 6.45) is 1.91. The van der Waals surface area contributed by atoms with Gasteiger partial charge in [0.15, 0.2) is 17.3 Å². The van der Waals surface area contributed by atoms with E-state index in [4.69, 9.17) is 16.2 Å². The van der Waals surface area contributed by atoms with Crippen molar-refractivity contribution in [1.82, 2.24) is 10.2 Å². The van der Waals surface area contributed by atoms with Crippen molar-refractivity contribution in [2.75, 3.05) is 54.6 Å². The molecule has 0 spiro atoms. The van der Waals surface area contributed by atoms with Crippen LogP contribution in [-0.4, -0.2) is 107 Å². The maximum absolute atomic E-state index is 12.1. The molecule has 2 saturated heterocycles. The summed E-state index contributed by atoms with van der Waals surface area (Å²) in [5, 5.41) is 3.00. The van der Waals surface area contributed by atoms with Crippen molar-refractivity contribution in [3.05, 3.63) is 120 Å². The minimum Gasteiger partial charge on any atom is -0.468 e. The standard InChI is InChI=1S/C16H21NO3.C8H13NO3.2C8H11N.C7H10O3.C6H10O3/c1-12(13-7-5-4-6-8-13)17-10-9-14(18)16(2,11-17)15(19)20-3;1-8(7(11)12-2)5-9-4-3-6(8)10;2*1-7(9)8-5-3-2-4-6-8;1-4-6(8)5(2)7(9)10-3;1-4(5(2)7)6(8)9-3/h4-8,12H,9-11H2,1-3H3;9H,3-5H2,1-2H3;2*2-7H,9H2,1H3;4-5H,1H2,2-3H3;4H,1-3H3. The van der Waals surface area contributed by atoms with Crippen LogP contribution in [-0.2, 0) is 57.3 Å². The van der Waals surface area contributed by atoms with Gasteiger partial charge in [-0.1, -0.05) is 97.6 Å². The van der Waals surface area contributed by atoms with Crippen LogP contribution in [0.2, 0.25) is 0 Å². The van der Waals surface area contributed by atoms with E-state index in [1.165, 1.54) is 65.9 Å². The molecule has 2 fully saturated rings. The summed E-state index contributed by atoms with van der Waals surface area (Å²) in [6, 6.07) is 30.7. The zero-order chi connectivity index (χ0) is 52.9. The number of ketones is 4. The van der Waals surface area contributed by atoms with E-state index in [0.29, 0.717) is 39.0 Å². The second-order valence-electron chi connectivity index (χ2n) is 16.8. The first kappa shape index (κ1) is 62.8. The summed E-state index contributed by atoms with van der Waals surface area (Å²) >= 11 is 0. The van der Waals surface area contributed by atoms with Crippen LogP contribution in [0.3, 0.4) is 0 Å². The number of likely N-dealkylation sites (tertiary alicyclic amines) is 1. The average Bonchev–Trinajstić information content (AvgIpc) is 3.37. The Labute approximate surface area is 408 Å². The predicted molar refractivity (Wildman–Crippen MR) is 265 cm³/mol. The van der Waals surface area contributed by atoms with E-state index in [1.807, 2.05) is 92.7 Å². The SMILES string of the molecule is C=CC(=O)C(C)C(=O)OC.CC(N)c1ccccc1.CC(N)c1ccccc1.COC(=O)C(C)C(C)=O.COC(=O)C1(C)CN(C(C)c2ccccc2)CCC1=O.COC(=O)C1(C)CNCCC1=O. The lowest BCUT2D eigenvalue weighted by molar-refractivity contribution is -0.161. The van der Waals surface area contributed by atoms with Crippen LogP contribution in [0.4, 0.5) is 0 Å². The van der Waals surface area contributed by atoms with Crippen molar-refractivity contribution in [2.45, 2.75) is 86.4 Å². The Kier molecular flexibility index (Phi) is 29.6. The zero-order valence-electron chi connectivity index (χ0n) is 42.6. The molecule has 2 aliphatic rings. The number of Topliss-reactive ketones (excluding diaryl/α,β-unsaturated/α-hetero) is 3. The average molecular weight is 961 g/mol. The number of nitrogens with zero attached hydrogens (tertiary/aromatic N) is 1. The van der Waals surface area contributed by atoms with Crippen LogP contribution in [0.15, 0.2) is 104 Å². The van der Waals surface area contributed by atoms with E-state index < -0.39 is 46.5 Å². The van der Waals surface area contributed by atoms with Crippen molar-refractivity contribution >= 4 is 47.0 Å². The number of hydrogen-bond acceptors (Lipinski definition) is 16. The molecule has 0 radical (unpaired) electrons. The van der Waals surface area contributed by atoms with Gasteiger partial charge in [0, 0.05) is 57.1 Å². The molecule has 3 aromatic carbocycles. The first-order chi connectivity index (χ1) is 32.4. The van der Waals surface area contributed by atoms with Gasteiger partial charge in [0.25, 0.3) is 0 Å². The number of esters is 4. The quantitative estimate of drug-likeness (QED) is 0.0829. The van der Waals surface area contributed by atoms with Gasteiger partial charge >= 0.3 is 23.9 Å². The van der Waals surface area contributed by atoms with E-state index >= 15 is 0 Å². The smallest absolute Gasteiger partial charge is 0.320 e. The molecule has 0 aromatic heterocycles. The number of methoxy groups -OCH3 is 4. The lowest BCUT2D eigenvalue weighted by atomic mass is 9.80. The van der Waals surface area contributed by atoms with Crippen molar-refractivity contribution in [2.24, 2.45) is 34.1 Å². The zero-order valence-corrected chi connectivity index (χ0v) is 42.6. The molecule has 3 aromatic rings. The molecule has 16 heteroatoms. The Hall–Kier alpha value is -6.20. The second kappa shape index (κ2) is 32.5. The molecule has 7 atom stereocenters. The molecule has 7 unspecified atom stereocenters. The minimum absolute atomic E-state index is 0.0270. The first-order valence-corrected chi connectivity index (χ1v) is 22.6. The molecule has 0 aliphatic carbocycles. The van der Waals surface area contributed by atoms with Gasteiger partial charge < -0.3 is 35.7 Å². The number of piperidine rings is 2. The number of nitrogens with one attached hydrogen (secondary N) is 1. The van der Waals surface area contributed by atoms with Crippen LogP contribution in [0.25, 0.3) is 0 Å². The van der Waals surface area contributed by atoms with Crippen LogP contribution < -0.4 is 16.8 Å². The molecule has 380 valence electrons. The third kappa shape index (κ3) is 21.3. The van der Waals surface area contributed by atoms with Crippen molar-refractivity contribution < 1.29 is 57.3 Å². The van der Waals surface area contributed by atoms with Gasteiger partial charge in [0.05, 0.1) is 28.4 Å². The normalized spacial score (nSPS) is 19.3. The fraction of sp³-hybridized carbons (Fsp3) is 0.472. The minimum atomic E-state index is -1.05. The number of ether oxygens (including phenoxy) is 4. The molecule has 2 heterocycles. The summed E-state index contributed by atoms with van der Waals surface area (Å²) in [7, 11) is 5.15. The molecule has 0 bridgehead atoms. The highest BCUT2D eigenvalue weighted by molar-refractivity contribution is 6.05. The van der Waals surface area contributed by atoms with Crippen LogP contribution in [0, 0.1) is 22.7 Å². The molecular formula is C53H76N4O12. The monoisotopic (exact) mass is 961 g/mol. The first-order valence-electron chi connectivity index (χ1n) is 22.6. The van der Waals surface area contributed by atoms with Gasteiger partial charge in [-0.25, -0.2) is 0 Å². The van der Waals surface area contributed by atoms with Gasteiger partial charge in [0.2, 0.25) is 0 Å². The number of benzene rings is 3. The molecule has 16 nitrogen and oxygen atoms in total. The largest absolute Gasteiger partial charge is 0.468 e. The van der Waals surface area contributed by atoms with Crippen LogP contribution >= 0.6 is 0 Å². The Bertz CT molecular complexity index is 2020. The van der Waals surface area contributed by atoms with Gasteiger partial charge in [-0.2, -0.15) is 0 Å². The van der Waals surface area contributed by atoms with E-state index in [0.717, 1.165) is 6.08 Å². The number of allylic oxidation sites excluding steroid dienone is 1.